The van der Waals surface area contributed by atoms with Gasteiger partial charge in [-0.15, -0.1) is 0 Å². The molecule has 0 saturated carbocycles. The number of pyridine rings is 1. The smallest absolute Gasteiger partial charge is 0.169 e. The van der Waals surface area contributed by atoms with Crippen LogP contribution in [0.4, 0.5) is 26.1 Å². The Labute approximate surface area is 131 Å². The zero-order valence-corrected chi connectivity index (χ0v) is 12.9. The van der Waals surface area contributed by atoms with E-state index in [4.69, 9.17) is 23.2 Å². The molecule has 7 heteroatoms. The largest absolute Gasteiger partial charge is 0.368 e. The van der Waals surface area contributed by atoms with Gasteiger partial charge in [0.25, 0.3) is 0 Å². The van der Waals surface area contributed by atoms with Gasteiger partial charge in [-0.2, -0.15) is 0 Å². The number of benzene rings is 1. The molecule has 0 aliphatic rings. The van der Waals surface area contributed by atoms with Crippen molar-refractivity contribution in [3.63, 3.8) is 0 Å². The van der Waals surface area contributed by atoms with Crippen LogP contribution in [0, 0.1) is 18.6 Å². The highest BCUT2D eigenvalue weighted by molar-refractivity contribution is 6.35. The summed E-state index contributed by atoms with van der Waals surface area (Å²) in [5, 5.41) is 6.29. The molecule has 3 nitrogen and oxygen atoms in total. The third-order valence-corrected chi connectivity index (χ3v) is 3.50. The van der Waals surface area contributed by atoms with Crippen LogP contribution < -0.4 is 10.6 Å². The molecule has 1 heterocycles. The average molecular weight is 332 g/mol. The van der Waals surface area contributed by atoms with Crippen molar-refractivity contribution in [2.75, 3.05) is 17.2 Å². The van der Waals surface area contributed by atoms with Crippen molar-refractivity contribution in [1.29, 1.82) is 0 Å². The summed E-state index contributed by atoms with van der Waals surface area (Å²) in [5.74, 6) is -1.74. The lowest BCUT2D eigenvalue weighted by molar-refractivity contribution is 0.579. The van der Waals surface area contributed by atoms with Crippen LogP contribution in [-0.4, -0.2) is 11.5 Å². The highest BCUT2D eigenvalue weighted by atomic mass is 35.5. The van der Waals surface area contributed by atoms with E-state index in [0.29, 0.717) is 22.3 Å². The third-order valence-electron chi connectivity index (χ3n) is 2.78. The molecule has 0 aliphatic carbocycles. The summed E-state index contributed by atoms with van der Waals surface area (Å²) in [7, 11) is 0. The van der Waals surface area contributed by atoms with Crippen molar-refractivity contribution < 1.29 is 8.78 Å². The van der Waals surface area contributed by atoms with E-state index in [1.54, 1.807) is 26.0 Å². The van der Waals surface area contributed by atoms with Gasteiger partial charge in [0.05, 0.1) is 10.7 Å². The van der Waals surface area contributed by atoms with Gasteiger partial charge in [0.2, 0.25) is 0 Å². The van der Waals surface area contributed by atoms with E-state index in [-0.39, 0.29) is 11.6 Å². The maximum Gasteiger partial charge on any atom is 0.169 e. The lowest BCUT2D eigenvalue weighted by Crippen LogP contribution is -2.06. The number of hydrogen-bond donors (Lipinski definition) is 2. The topological polar surface area (TPSA) is 37.0 Å². The molecular weight excluding hydrogens is 319 g/mol. The van der Waals surface area contributed by atoms with Crippen LogP contribution in [0.15, 0.2) is 18.2 Å². The maximum atomic E-state index is 13.8. The van der Waals surface area contributed by atoms with E-state index in [9.17, 15) is 8.78 Å². The maximum absolute atomic E-state index is 13.8. The lowest BCUT2D eigenvalue weighted by Gasteiger charge is -2.12. The molecular formula is C14H13Cl2F2N3. The van der Waals surface area contributed by atoms with Gasteiger partial charge in [0.1, 0.15) is 0 Å². The minimum Gasteiger partial charge on any atom is -0.368 e. The fraction of sp³-hybridized carbons (Fsp3) is 0.214. The van der Waals surface area contributed by atoms with E-state index in [1.165, 1.54) is 0 Å². The molecule has 0 radical (unpaired) electrons. The van der Waals surface area contributed by atoms with E-state index < -0.39 is 11.6 Å². The van der Waals surface area contributed by atoms with Crippen LogP contribution in [0.1, 0.15) is 12.5 Å². The number of aryl methyl sites for hydroxylation is 1. The molecule has 0 unspecified atom stereocenters. The van der Waals surface area contributed by atoms with Gasteiger partial charge in [-0.1, -0.05) is 23.2 Å². The minimum absolute atomic E-state index is 0.0317. The fourth-order valence-electron chi connectivity index (χ4n) is 1.72. The Bertz CT molecular complexity index is 678. The molecule has 0 atom stereocenters. The summed E-state index contributed by atoms with van der Waals surface area (Å²) in [4.78, 5) is 3.88. The number of aromatic nitrogens is 1. The molecule has 0 saturated heterocycles. The first-order chi connectivity index (χ1) is 9.92. The van der Waals surface area contributed by atoms with Crippen molar-refractivity contribution in [3.8, 4) is 0 Å². The summed E-state index contributed by atoms with van der Waals surface area (Å²) in [6.07, 6.45) is 0. The van der Waals surface area contributed by atoms with Crippen LogP contribution in [-0.2, 0) is 0 Å². The summed E-state index contributed by atoms with van der Waals surface area (Å²) in [5.41, 5.74) is 1.20. The van der Waals surface area contributed by atoms with Gasteiger partial charge < -0.3 is 10.6 Å². The molecule has 2 aromatic rings. The fourth-order valence-corrected chi connectivity index (χ4v) is 2.14. The summed E-state index contributed by atoms with van der Waals surface area (Å²) >= 11 is 12.1. The second-order valence-electron chi connectivity index (χ2n) is 4.39. The molecule has 0 bridgehead atoms. The quantitative estimate of drug-likeness (QED) is 0.813. The molecule has 1 aromatic carbocycles. The summed E-state index contributed by atoms with van der Waals surface area (Å²) in [6, 6.07) is 3.98. The number of rotatable bonds is 4. The Balaban J connectivity index is 2.39. The Kier molecular flexibility index (Phi) is 4.85. The van der Waals surface area contributed by atoms with E-state index in [1.807, 2.05) is 0 Å². The Hall–Kier alpha value is -1.59. The van der Waals surface area contributed by atoms with Crippen LogP contribution >= 0.6 is 23.2 Å². The van der Waals surface area contributed by atoms with Crippen molar-refractivity contribution in [1.82, 2.24) is 4.98 Å². The van der Waals surface area contributed by atoms with Crippen molar-refractivity contribution >= 4 is 40.5 Å². The second-order valence-corrected chi connectivity index (χ2v) is 5.20. The van der Waals surface area contributed by atoms with Gasteiger partial charge in [0, 0.05) is 17.6 Å². The highest BCUT2D eigenvalue weighted by Crippen LogP contribution is 2.32. The average Bonchev–Trinajstić information content (AvgIpc) is 2.41. The van der Waals surface area contributed by atoms with Crippen LogP contribution in [0.2, 0.25) is 10.0 Å². The molecule has 112 valence electrons. The van der Waals surface area contributed by atoms with Crippen LogP contribution in [0.3, 0.4) is 0 Å². The van der Waals surface area contributed by atoms with Gasteiger partial charge >= 0.3 is 0 Å². The second kappa shape index (κ2) is 6.45. The van der Waals surface area contributed by atoms with Crippen molar-refractivity contribution in [2.24, 2.45) is 0 Å². The number of halogens is 4. The van der Waals surface area contributed by atoms with Gasteiger partial charge in [-0.05, 0) is 31.5 Å². The highest BCUT2D eigenvalue weighted by Gasteiger charge is 2.13. The van der Waals surface area contributed by atoms with Crippen LogP contribution in [0.25, 0.3) is 0 Å². The number of nitrogens with one attached hydrogen (secondary N) is 2. The number of nitrogens with zero attached hydrogens (tertiary/aromatic N) is 1. The molecule has 0 aliphatic heterocycles. The molecule has 2 rings (SSSR count). The first-order valence-corrected chi connectivity index (χ1v) is 7.00. The minimum atomic E-state index is -0.818. The van der Waals surface area contributed by atoms with Gasteiger partial charge in [-0.25, -0.2) is 13.8 Å². The van der Waals surface area contributed by atoms with Gasteiger partial charge in [-0.3, -0.25) is 0 Å². The molecule has 0 amide bonds. The van der Waals surface area contributed by atoms with E-state index in [2.05, 4.69) is 15.6 Å². The van der Waals surface area contributed by atoms with Crippen molar-refractivity contribution in [3.05, 3.63) is 45.4 Å². The first kappa shape index (κ1) is 15.8. The standard InChI is InChI=1S/C14H13Cl2F2N3/c1-3-19-13-10(17)6-11(18)14(21-13)20-12-5-8(15)7(2)4-9(12)16/h4-6H,3H2,1-2H3,(H2,19,20,21). The number of hydrogen-bond acceptors (Lipinski definition) is 3. The zero-order chi connectivity index (χ0) is 15.6. The summed E-state index contributed by atoms with van der Waals surface area (Å²) in [6.45, 7) is 4.05. The van der Waals surface area contributed by atoms with Crippen LogP contribution in [0.5, 0.6) is 0 Å². The predicted octanol–water partition coefficient (Wildman–Crippen LogP) is 5.15. The number of anilines is 3. The monoisotopic (exact) mass is 331 g/mol. The summed E-state index contributed by atoms with van der Waals surface area (Å²) < 4.78 is 27.3. The van der Waals surface area contributed by atoms with E-state index >= 15 is 0 Å². The molecule has 0 spiro atoms. The van der Waals surface area contributed by atoms with Crippen molar-refractivity contribution in [2.45, 2.75) is 13.8 Å². The SMILES string of the molecule is CCNc1nc(Nc2cc(Cl)c(C)cc2Cl)c(F)cc1F. The zero-order valence-electron chi connectivity index (χ0n) is 11.4. The Morgan fingerprint density at radius 3 is 2.38 bits per heavy atom. The normalized spacial score (nSPS) is 10.6. The Morgan fingerprint density at radius 1 is 1.05 bits per heavy atom. The third kappa shape index (κ3) is 3.54. The first-order valence-electron chi connectivity index (χ1n) is 6.25. The van der Waals surface area contributed by atoms with E-state index in [0.717, 1.165) is 11.6 Å². The Morgan fingerprint density at radius 2 is 1.71 bits per heavy atom. The predicted molar refractivity (Wildman–Crippen MR) is 82.8 cm³/mol. The molecule has 2 N–H and O–H groups in total. The molecule has 21 heavy (non-hydrogen) atoms. The van der Waals surface area contributed by atoms with Gasteiger partial charge in [0.15, 0.2) is 23.3 Å². The molecule has 1 aromatic heterocycles. The lowest BCUT2D eigenvalue weighted by atomic mass is 10.2. The molecule has 0 fully saturated rings.